The van der Waals surface area contributed by atoms with E-state index in [9.17, 15) is 0 Å². The average Bonchev–Trinajstić information content (AvgIpc) is 3.17. The van der Waals surface area contributed by atoms with Gasteiger partial charge in [-0.2, -0.15) is 0 Å². The Morgan fingerprint density at radius 2 is 1.89 bits per heavy atom. The number of nitrogens with zero attached hydrogens (tertiary/aromatic N) is 4. The zero-order valence-corrected chi connectivity index (χ0v) is 18.0. The van der Waals surface area contributed by atoms with E-state index in [2.05, 4.69) is 20.6 Å². The van der Waals surface area contributed by atoms with E-state index in [1.165, 1.54) is 0 Å². The lowest BCUT2D eigenvalue weighted by atomic mass is 10.2. The van der Waals surface area contributed by atoms with Gasteiger partial charge in [-0.1, -0.05) is 23.4 Å². The van der Waals surface area contributed by atoms with Crippen molar-refractivity contribution in [3.63, 3.8) is 0 Å². The Morgan fingerprint density at radius 3 is 2.61 bits per heavy atom. The van der Waals surface area contributed by atoms with Crippen LogP contribution in [0, 0.1) is 0 Å². The van der Waals surface area contributed by atoms with Crippen LogP contribution < -0.4 is 15.8 Å². The molecule has 0 unspecified atom stereocenters. The maximum Gasteiger partial charge on any atom is 0.193 e. The van der Waals surface area contributed by atoms with Crippen molar-refractivity contribution in [3.05, 3.63) is 66.0 Å². The van der Waals surface area contributed by atoms with Crippen molar-refractivity contribution in [1.29, 1.82) is 0 Å². The molecule has 0 aliphatic heterocycles. The van der Waals surface area contributed by atoms with Gasteiger partial charge in [0.05, 0.1) is 32.1 Å². The highest BCUT2D eigenvalue weighted by atomic mass is 127. The molecule has 0 saturated carbocycles. The van der Waals surface area contributed by atoms with Gasteiger partial charge in [-0.15, -0.1) is 29.1 Å². The topological polar surface area (TPSA) is 99.6 Å². The summed E-state index contributed by atoms with van der Waals surface area (Å²) in [6, 6.07) is 15.3. The number of halogens is 1. The fraction of sp³-hybridized carbons (Fsp3) is 0.211. The molecule has 0 spiro atoms. The van der Waals surface area contributed by atoms with E-state index >= 15 is 0 Å². The molecule has 0 aliphatic rings. The lowest BCUT2D eigenvalue weighted by Gasteiger charge is -2.10. The molecule has 0 atom stereocenters. The van der Waals surface area contributed by atoms with E-state index in [-0.39, 0.29) is 24.0 Å². The van der Waals surface area contributed by atoms with Crippen molar-refractivity contribution in [2.24, 2.45) is 10.7 Å². The molecule has 8 nitrogen and oxygen atoms in total. The number of aliphatic imine (C=N–C) groups is 1. The monoisotopic (exact) mass is 494 g/mol. The first-order chi connectivity index (χ1) is 13.2. The number of methoxy groups -OCH3 is 2. The van der Waals surface area contributed by atoms with E-state index in [1.807, 2.05) is 54.7 Å². The van der Waals surface area contributed by atoms with E-state index in [1.54, 1.807) is 18.9 Å². The number of para-hydroxylation sites is 1. The normalized spacial score (nSPS) is 11.0. The molecular formula is C19H23IN6O2. The predicted molar refractivity (Wildman–Crippen MR) is 119 cm³/mol. The summed E-state index contributed by atoms with van der Waals surface area (Å²) in [4.78, 5) is 4.33. The molecule has 0 amide bonds. The van der Waals surface area contributed by atoms with E-state index in [0.29, 0.717) is 24.8 Å². The van der Waals surface area contributed by atoms with Crippen molar-refractivity contribution in [3.8, 4) is 11.4 Å². The summed E-state index contributed by atoms with van der Waals surface area (Å²) in [6.45, 7) is 0.814. The van der Waals surface area contributed by atoms with Crippen molar-refractivity contribution in [1.82, 2.24) is 15.0 Å². The number of ether oxygens (including phenoxy) is 2. The third-order valence-electron chi connectivity index (χ3n) is 3.87. The predicted octanol–water partition coefficient (Wildman–Crippen LogP) is 2.97. The summed E-state index contributed by atoms with van der Waals surface area (Å²) in [6.07, 6.45) is 1.82. The molecule has 3 rings (SSSR count). The highest BCUT2D eigenvalue weighted by Crippen LogP contribution is 2.16. The minimum Gasteiger partial charge on any atom is -0.497 e. The van der Waals surface area contributed by atoms with Gasteiger partial charge in [0.2, 0.25) is 0 Å². The molecule has 0 fully saturated rings. The maximum atomic E-state index is 6.00. The minimum atomic E-state index is 0. The highest BCUT2D eigenvalue weighted by molar-refractivity contribution is 14.0. The lowest BCUT2D eigenvalue weighted by Crippen LogP contribution is -2.23. The Balaban J connectivity index is 0.00000280. The van der Waals surface area contributed by atoms with E-state index < -0.39 is 0 Å². The van der Waals surface area contributed by atoms with Crippen LogP contribution >= 0.6 is 24.0 Å². The Bertz CT molecular complexity index is 911. The second-order valence-electron chi connectivity index (χ2n) is 5.77. The molecule has 148 valence electrons. The summed E-state index contributed by atoms with van der Waals surface area (Å²) in [5.74, 6) is 1.09. The summed E-state index contributed by atoms with van der Waals surface area (Å²) in [5, 5.41) is 11.3. The smallest absolute Gasteiger partial charge is 0.193 e. The Hall–Kier alpha value is -2.66. The second-order valence-corrected chi connectivity index (χ2v) is 5.77. The summed E-state index contributed by atoms with van der Waals surface area (Å²) in [7, 11) is 3.28. The van der Waals surface area contributed by atoms with Crippen molar-refractivity contribution in [2.45, 2.75) is 13.2 Å². The van der Waals surface area contributed by atoms with E-state index in [0.717, 1.165) is 22.7 Å². The zero-order valence-electron chi connectivity index (χ0n) is 15.7. The maximum absolute atomic E-state index is 6.00. The van der Waals surface area contributed by atoms with Gasteiger partial charge < -0.3 is 20.5 Å². The summed E-state index contributed by atoms with van der Waals surface area (Å²) in [5.41, 5.74) is 9.46. The molecule has 0 aliphatic carbocycles. The number of anilines is 1. The largest absolute Gasteiger partial charge is 0.497 e. The number of nitrogens with one attached hydrogen (secondary N) is 1. The standard InChI is InChI=1S/C19H22N6O2.HI/c1-26-13-14-5-3-4-6-18(14)22-19(20)21-11-15-12-25(24-23-15)16-7-9-17(27-2)10-8-16;/h3-10,12H,11,13H2,1-2H3,(H3,20,21,22);1H. The summed E-state index contributed by atoms with van der Waals surface area (Å²) >= 11 is 0. The Morgan fingerprint density at radius 1 is 1.14 bits per heavy atom. The summed E-state index contributed by atoms with van der Waals surface area (Å²) < 4.78 is 12.0. The van der Waals surface area contributed by atoms with Gasteiger partial charge in [-0.3, -0.25) is 0 Å². The van der Waals surface area contributed by atoms with Crippen LogP contribution in [0.2, 0.25) is 0 Å². The first-order valence-corrected chi connectivity index (χ1v) is 8.39. The van der Waals surface area contributed by atoms with Crippen LogP contribution in [0.5, 0.6) is 5.75 Å². The number of nitrogens with two attached hydrogens (primary N) is 1. The van der Waals surface area contributed by atoms with Crippen molar-refractivity contribution in [2.75, 3.05) is 19.5 Å². The van der Waals surface area contributed by atoms with Crippen molar-refractivity contribution >= 4 is 35.6 Å². The Labute approximate surface area is 180 Å². The molecule has 3 aromatic rings. The quantitative estimate of drug-likeness (QED) is 0.298. The molecule has 28 heavy (non-hydrogen) atoms. The number of hydrogen-bond donors (Lipinski definition) is 2. The van der Waals surface area contributed by atoms with Gasteiger partial charge in [-0.25, -0.2) is 9.67 Å². The fourth-order valence-corrected chi connectivity index (χ4v) is 2.50. The average molecular weight is 494 g/mol. The SMILES string of the molecule is COCc1ccccc1NC(N)=NCc1cn(-c2ccc(OC)cc2)nn1.I. The molecule has 0 saturated heterocycles. The van der Waals surface area contributed by atoms with Gasteiger partial charge >= 0.3 is 0 Å². The molecule has 9 heteroatoms. The number of guanidine groups is 1. The van der Waals surface area contributed by atoms with Crippen LogP contribution in [-0.2, 0) is 17.9 Å². The molecule has 0 radical (unpaired) electrons. The molecular weight excluding hydrogens is 471 g/mol. The van der Waals surface area contributed by atoms with Gasteiger partial charge in [0.25, 0.3) is 0 Å². The molecule has 0 bridgehead atoms. The van der Waals surface area contributed by atoms with Crippen LogP contribution in [-0.4, -0.2) is 35.2 Å². The fourth-order valence-electron chi connectivity index (χ4n) is 2.50. The highest BCUT2D eigenvalue weighted by Gasteiger charge is 2.05. The number of aromatic nitrogens is 3. The molecule has 1 heterocycles. The van der Waals surface area contributed by atoms with Gasteiger partial charge in [-0.05, 0) is 30.3 Å². The van der Waals surface area contributed by atoms with E-state index in [4.69, 9.17) is 15.2 Å². The molecule has 3 N–H and O–H groups in total. The second kappa shape index (κ2) is 10.6. The minimum absolute atomic E-state index is 0. The third kappa shape index (κ3) is 5.67. The van der Waals surface area contributed by atoms with Crippen LogP contribution in [0.25, 0.3) is 5.69 Å². The molecule has 2 aromatic carbocycles. The van der Waals surface area contributed by atoms with Crippen LogP contribution in [0.15, 0.2) is 59.7 Å². The number of hydrogen-bond acceptors (Lipinski definition) is 5. The lowest BCUT2D eigenvalue weighted by molar-refractivity contribution is 0.185. The van der Waals surface area contributed by atoms with Crippen molar-refractivity contribution < 1.29 is 9.47 Å². The third-order valence-corrected chi connectivity index (χ3v) is 3.87. The van der Waals surface area contributed by atoms with Gasteiger partial charge in [0, 0.05) is 18.4 Å². The first-order valence-electron chi connectivity index (χ1n) is 8.39. The van der Waals surface area contributed by atoms with Crippen LogP contribution in [0.4, 0.5) is 5.69 Å². The van der Waals surface area contributed by atoms with Crippen LogP contribution in [0.3, 0.4) is 0 Å². The van der Waals surface area contributed by atoms with Gasteiger partial charge in [0.1, 0.15) is 11.4 Å². The first kappa shape index (κ1) is 21.6. The van der Waals surface area contributed by atoms with Crippen LogP contribution in [0.1, 0.15) is 11.3 Å². The number of rotatable bonds is 7. The Kier molecular flexibility index (Phi) is 8.20. The zero-order chi connectivity index (χ0) is 19.1. The van der Waals surface area contributed by atoms with Gasteiger partial charge in [0.15, 0.2) is 5.96 Å². The number of benzene rings is 2. The molecule has 1 aromatic heterocycles.